The first-order valence-corrected chi connectivity index (χ1v) is 9.71. The van der Waals surface area contributed by atoms with Crippen LogP contribution in [0.4, 0.5) is 15.3 Å². The second-order valence-corrected chi connectivity index (χ2v) is 7.65. The van der Waals surface area contributed by atoms with Crippen molar-refractivity contribution in [3.8, 4) is 0 Å². The molecule has 0 fully saturated rings. The summed E-state index contributed by atoms with van der Waals surface area (Å²) in [5.41, 5.74) is 6.55. The fourth-order valence-corrected chi connectivity index (χ4v) is 3.89. The predicted octanol–water partition coefficient (Wildman–Crippen LogP) is 3.50. The lowest BCUT2D eigenvalue weighted by Crippen LogP contribution is -2.43. The third kappa shape index (κ3) is 3.98. The predicted molar refractivity (Wildman–Crippen MR) is 103 cm³/mol. The van der Waals surface area contributed by atoms with Crippen LogP contribution in [0.1, 0.15) is 44.2 Å². The molecule has 7 heteroatoms. The minimum Gasteiger partial charge on any atom is -0.338 e. The molecule has 2 aliphatic heterocycles. The quantitative estimate of drug-likeness (QED) is 0.807. The summed E-state index contributed by atoms with van der Waals surface area (Å²) >= 11 is 1.24. The van der Waals surface area contributed by atoms with E-state index in [1.807, 2.05) is 24.0 Å². The molecule has 0 radical (unpaired) electrons. The smallest absolute Gasteiger partial charge is 0.321 e. The fraction of sp³-hybridized carbons (Fsp3) is 0.500. The summed E-state index contributed by atoms with van der Waals surface area (Å²) in [6.45, 7) is 5.55. The maximum Gasteiger partial charge on any atom is 0.321 e. The van der Waals surface area contributed by atoms with Crippen molar-refractivity contribution in [2.75, 3.05) is 18.0 Å². The van der Waals surface area contributed by atoms with Gasteiger partial charge in [0.05, 0.1) is 11.0 Å². The molecule has 1 aromatic rings. The molecule has 2 aliphatic rings. The number of fused-ring (bicyclic) bond motifs is 1. The van der Waals surface area contributed by atoms with Gasteiger partial charge in [0.15, 0.2) is 0 Å². The van der Waals surface area contributed by atoms with E-state index in [0.29, 0.717) is 6.54 Å². The van der Waals surface area contributed by atoms with Gasteiger partial charge in [0.25, 0.3) is 5.24 Å². The lowest BCUT2D eigenvalue weighted by Gasteiger charge is -2.30. The molecule has 1 unspecified atom stereocenters. The molecule has 25 heavy (non-hydrogen) atoms. The van der Waals surface area contributed by atoms with Crippen molar-refractivity contribution < 1.29 is 9.59 Å². The molecule has 0 aliphatic carbocycles. The van der Waals surface area contributed by atoms with Gasteiger partial charge in [-0.3, -0.25) is 9.69 Å². The van der Waals surface area contributed by atoms with Crippen LogP contribution in [0.2, 0.25) is 0 Å². The molecule has 1 atom stereocenters. The Morgan fingerprint density at radius 3 is 3.08 bits per heavy atom. The van der Waals surface area contributed by atoms with Crippen molar-refractivity contribution in [3.05, 3.63) is 29.3 Å². The Labute approximate surface area is 152 Å². The van der Waals surface area contributed by atoms with Gasteiger partial charge < -0.3 is 5.32 Å². The molecule has 2 heterocycles. The Morgan fingerprint density at radius 1 is 1.48 bits per heavy atom. The average molecular weight is 360 g/mol. The minimum absolute atomic E-state index is 0.0174. The zero-order valence-electron chi connectivity index (χ0n) is 14.7. The number of unbranched alkanes of at least 4 members (excludes halogenated alkanes) is 1. The lowest BCUT2D eigenvalue weighted by molar-refractivity contribution is 0.245. The summed E-state index contributed by atoms with van der Waals surface area (Å²) in [7, 11) is 0. The second-order valence-electron chi connectivity index (χ2n) is 6.34. The molecule has 6 nitrogen and oxygen atoms in total. The van der Waals surface area contributed by atoms with Crippen LogP contribution in [0.3, 0.4) is 0 Å². The summed E-state index contributed by atoms with van der Waals surface area (Å²) < 4.78 is 0. The molecule has 0 aromatic heterocycles. The largest absolute Gasteiger partial charge is 0.338 e. The van der Waals surface area contributed by atoms with Crippen LogP contribution in [-0.4, -0.2) is 35.3 Å². The van der Waals surface area contributed by atoms with Gasteiger partial charge in [-0.25, -0.2) is 10.2 Å². The Balaban J connectivity index is 1.80. The standard InChI is InChI=1S/C18H24N4O2S/c1-3-4-9-19-17(23)22-10-5-6-13-11-14(7-8-15(13)22)16-12(2)25-18(24)21-20-16/h7-8,11-12H,3-6,9-10H2,1-2H3,(H,19,23)(H,21,24). The summed E-state index contributed by atoms with van der Waals surface area (Å²) in [6.07, 6.45) is 3.95. The number of rotatable bonds is 4. The van der Waals surface area contributed by atoms with Crippen LogP contribution in [0, 0.1) is 0 Å². The van der Waals surface area contributed by atoms with E-state index in [-0.39, 0.29) is 16.5 Å². The summed E-state index contributed by atoms with van der Waals surface area (Å²) in [5, 5.41) is 7.11. The number of hydrogen-bond acceptors (Lipinski definition) is 4. The zero-order valence-corrected chi connectivity index (χ0v) is 15.5. The first-order chi connectivity index (χ1) is 12.1. The van der Waals surface area contributed by atoms with Crippen LogP contribution in [-0.2, 0) is 6.42 Å². The number of nitrogens with zero attached hydrogens (tertiary/aromatic N) is 2. The number of nitrogens with one attached hydrogen (secondary N) is 2. The van der Waals surface area contributed by atoms with Gasteiger partial charge in [0.1, 0.15) is 0 Å². The molecule has 0 saturated carbocycles. The summed E-state index contributed by atoms with van der Waals surface area (Å²) in [5.74, 6) is 0. The van der Waals surface area contributed by atoms with E-state index in [4.69, 9.17) is 0 Å². The van der Waals surface area contributed by atoms with Gasteiger partial charge in [0, 0.05) is 18.8 Å². The number of carbonyl (C=O) groups excluding carboxylic acids is 2. The average Bonchev–Trinajstić information content (AvgIpc) is 2.61. The van der Waals surface area contributed by atoms with Crippen molar-refractivity contribution in [3.63, 3.8) is 0 Å². The first-order valence-electron chi connectivity index (χ1n) is 8.83. The van der Waals surface area contributed by atoms with Gasteiger partial charge in [-0.05, 0) is 49.4 Å². The molecule has 134 valence electrons. The van der Waals surface area contributed by atoms with Gasteiger partial charge in [-0.2, -0.15) is 5.10 Å². The zero-order chi connectivity index (χ0) is 17.8. The van der Waals surface area contributed by atoms with Crippen LogP contribution < -0.4 is 15.6 Å². The number of hydrazone groups is 1. The Morgan fingerprint density at radius 2 is 2.32 bits per heavy atom. The molecule has 1 aromatic carbocycles. The monoisotopic (exact) mass is 360 g/mol. The van der Waals surface area contributed by atoms with E-state index in [1.54, 1.807) is 0 Å². The van der Waals surface area contributed by atoms with Gasteiger partial charge in [-0.15, -0.1) is 0 Å². The van der Waals surface area contributed by atoms with Crippen molar-refractivity contribution in [2.45, 2.75) is 44.8 Å². The molecule has 3 amide bonds. The molecule has 0 bridgehead atoms. The van der Waals surface area contributed by atoms with Crippen molar-refractivity contribution in [1.82, 2.24) is 10.7 Å². The number of benzene rings is 1. The maximum absolute atomic E-state index is 12.5. The second kappa shape index (κ2) is 7.91. The van der Waals surface area contributed by atoms with E-state index in [1.165, 1.54) is 11.8 Å². The molecule has 0 spiro atoms. The topological polar surface area (TPSA) is 73.8 Å². The number of carbonyl (C=O) groups is 2. The van der Waals surface area contributed by atoms with E-state index < -0.39 is 0 Å². The van der Waals surface area contributed by atoms with Gasteiger partial charge in [0.2, 0.25) is 0 Å². The highest BCUT2D eigenvalue weighted by molar-refractivity contribution is 8.14. The number of thioether (sulfide) groups is 1. The maximum atomic E-state index is 12.5. The number of anilines is 1. The normalized spacial score (nSPS) is 19.8. The highest BCUT2D eigenvalue weighted by atomic mass is 32.2. The van der Waals surface area contributed by atoms with E-state index >= 15 is 0 Å². The number of urea groups is 1. The van der Waals surface area contributed by atoms with Crippen molar-refractivity contribution >= 4 is 34.4 Å². The third-order valence-electron chi connectivity index (χ3n) is 4.48. The molecular formula is C18H24N4O2S. The van der Waals surface area contributed by atoms with E-state index in [0.717, 1.165) is 54.8 Å². The summed E-state index contributed by atoms with van der Waals surface area (Å²) in [4.78, 5) is 25.7. The van der Waals surface area contributed by atoms with Crippen LogP contribution in [0.25, 0.3) is 0 Å². The van der Waals surface area contributed by atoms with Crippen molar-refractivity contribution in [1.29, 1.82) is 0 Å². The summed E-state index contributed by atoms with van der Waals surface area (Å²) in [6, 6.07) is 6.07. The molecule has 3 rings (SSSR count). The van der Waals surface area contributed by atoms with E-state index in [9.17, 15) is 9.59 Å². The highest BCUT2D eigenvalue weighted by Gasteiger charge is 2.26. The third-order valence-corrected chi connectivity index (χ3v) is 5.36. The Bertz CT molecular complexity index is 704. The number of amides is 3. The van der Waals surface area contributed by atoms with Gasteiger partial charge >= 0.3 is 6.03 Å². The molecule has 2 N–H and O–H groups in total. The first kappa shape index (κ1) is 17.8. The fourth-order valence-electron chi connectivity index (χ4n) is 3.17. The van der Waals surface area contributed by atoms with E-state index in [2.05, 4.69) is 28.8 Å². The molecular weight excluding hydrogens is 336 g/mol. The SMILES string of the molecule is CCCCNC(=O)N1CCCc2cc(C3=NNC(=O)SC3C)ccc21. The van der Waals surface area contributed by atoms with Gasteiger partial charge in [-0.1, -0.05) is 31.2 Å². The van der Waals surface area contributed by atoms with Crippen LogP contribution >= 0.6 is 11.8 Å². The van der Waals surface area contributed by atoms with Crippen LogP contribution in [0.15, 0.2) is 23.3 Å². The Kier molecular flexibility index (Phi) is 5.63. The lowest BCUT2D eigenvalue weighted by atomic mass is 9.97. The molecule has 0 saturated heterocycles. The van der Waals surface area contributed by atoms with Crippen LogP contribution in [0.5, 0.6) is 0 Å². The minimum atomic E-state index is -0.121. The number of aryl methyl sites for hydroxylation is 1. The highest BCUT2D eigenvalue weighted by Crippen LogP contribution is 2.30. The Hall–Kier alpha value is -2.02. The number of hydrogen-bond donors (Lipinski definition) is 2. The van der Waals surface area contributed by atoms with Crippen molar-refractivity contribution in [2.24, 2.45) is 5.10 Å².